The molecule has 6 heteroatoms. The van der Waals surface area contributed by atoms with E-state index >= 15 is 0 Å². The molecule has 4 rings (SSSR count). The summed E-state index contributed by atoms with van der Waals surface area (Å²) in [6.45, 7) is 1.88. The number of carbonyl (C=O) groups excluding carboxylic acids is 1. The Morgan fingerprint density at radius 2 is 1.75 bits per heavy atom. The summed E-state index contributed by atoms with van der Waals surface area (Å²) in [6, 6.07) is 17.1. The van der Waals surface area contributed by atoms with E-state index in [4.69, 9.17) is 6.42 Å². The molecule has 0 saturated carbocycles. The van der Waals surface area contributed by atoms with Gasteiger partial charge in [0.25, 0.3) is 15.9 Å². The van der Waals surface area contributed by atoms with E-state index in [0.29, 0.717) is 11.3 Å². The molecular weight excluding hydrogens is 390 g/mol. The van der Waals surface area contributed by atoms with E-state index in [1.54, 1.807) is 36.4 Å². The second-order valence-electron chi connectivity index (χ2n) is 6.62. The molecule has 3 aromatic rings. The Balaban J connectivity index is 1.95. The van der Waals surface area contributed by atoms with Crippen LogP contribution in [0.5, 0.6) is 0 Å². The van der Waals surface area contributed by atoms with Gasteiger partial charge < -0.3 is 0 Å². The van der Waals surface area contributed by atoms with E-state index in [-0.39, 0.29) is 4.90 Å². The highest BCUT2D eigenvalue weighted by Gasteiger charge is 2.46. The van der Waals surface area contributed by atoms with Crippen LogP contribution in [0.25, 0.3) is 0 Å². The van der Waals surface area contributed by atoms with E-state index in [1.165, 1.54) is 23.5 Å². The summed E-state index contributed by atoms with van der Waals surface area (Å²) in [7, 11) is -4.08. The molecule has 1 aliphatic rings. The minimum atomic E-state index is -4.08. The van der Waals surface area contributed by atoms with Gasteiger partial charge in [0.15, 0.2) is 0 Å². The van der Waals surface area contributed by atoms with Gasteiger partial charge in [-0.25, -0.2) is 12.7 Å². The van der Waals surface area contributed by atoms with E-state index in [2.05, 4.69) is 5.92 Å². The Labute approximate surface area is 168 Å². The molecule has 28 heavy (non-hydrogen) atoms. The molecule has 0 unspecified atom stereocenters. The largest absolute Gasteiger partial charge is 0.273 e. The minimum absolute atomic E-state index is 0.0744. The van der Waals surface area contributed by atoms with Crippen molar-refractivity contribution in [2.75, 3.05) is 4.31 Å². The molecule has 0 saturated heterocycles. The fourth-order valence-electron chi connectivity index (χ4n) is 3.51. The zero-order valence-electron chi connectivity index (χ0n) is 15.1. The molecule has 2 atom stereocenters. The second kappa shape index (κ2) is 6.93. The summed E-state index contributed by atoms with van der Waals surface area (Å²) in [5.74, 6) is 0.932. The molecule has 1 amide bonds. The average molecular weight is 408 g/mol. The molecule has 0 bridgehead atoms. The molecule has 1 aromatic heterocycles. The van der Waals surface area contributed by atoms with Crippen LogP contribution >= 0.6 is 11.3 Å². The van der Waals surface area contributed by atoms with Crippen LogP contribution in [0.1, 0.15) is 27.8 Å². The van der Waals surface area contributed by atoms with Crippen LogP contribution < -0.4 is 4.31 Å². The van der Waals surface area contributed by atoms with Crippen LogP contribution in [0, 0.1) is 19.3 Å². The van der Waals surface area contributed by atoms with Crippen LogP contribution in [0.3, 0.4) is 0 Å². The molecule has 0 spiro atoms. The highest BCUT2D eigenvalue weighted by Crippen LogP contribution is 2.46. The van der Waals surface area contributed by atoms with Crippen molar-refractivity contribution in [3.05, 3.63) is 82.0 Å². The quantitative estimate of drug-likeness (QED) is 0.609. The number of thiophene rings is 1. The summed E-state index contributed by atoms with van der Waals surface area (Å²) < 4.78 is 27.8. The normalized spacial score (nSPS) is 19.1. The number of sulfonamides is 1. The lowest BCUT2D eigenvalue weighted by Crippen LogP contribution is -2.45. The van der Waals surface area contributed by atoms with Gasteiger partial charge in [0.1, 0.15) is 0 Å². The molecule has 2 heterocycles. The number of benzene rings is 2. The number of hydrogen-bond acceptors (Lipinski definition) is 4. The molecule has 2 aromatic carbocycles. The number of para-hydroxylation sites is 1. The fourth-order valence-corrected chi connectivity index (χ4v) is 5.83. The Morgan fingerprint density at radius 1 is 1.04 bits per heavy atom. The third-order valence-corrected chi connectivity index (χ3v) is 7.56. The molecule has 0 radical (unpaired) electrons. The average Bonchev–Trinajstić information content (AvgIpc) is 3.21. The molecule has 0 N–H and O–H groups in total. The molecular formula is C22H17NO3S2. The van der Waals surface area contributed by atoms with Crippen molar-refractivity contribution in [2.45, 2.75) is 23.7 Å². The van der Waals surface area contributed by atoms with Gasteiger partial charge in [-0.15, -0.1) is 17.8 Å². The third-order valence-electron chi connectivity index (χ3n) is 4.88. The van der Waals surface area contributed by atoms with Gasteiger partial charge in [0.05, 0.1) is 22.4 Å². The van der Waals surface area contributed by atoms with Crippen LogP contribution in [-0.4, -0.2) is 14.3 Å². The Bertz CT molecular complexity index is 1170. The van der Waals surface area contributed by atoms with Crippen LogP contribution in [-0.2, 0) is 14.8 Å². The maximum absolute atomic E-state index is 13.5. The van der Waals surface area contributed by atoms with E-state index in [9.17, 15) is 13.2 Å². The first-order chi connectivity index (χ1) is 13.4. The van der Waals surface area contributed by atoms with Gasteiger partial charge in [-0.05, 0) is 42.1 Å². The number of carbonyl (C=O) groups is 1. The van der Waals surface area contributed by atoms with Gasteiger partial charge in [-0.1, -0.05) is 47.9 Å². The Kier molecular flexibility index (Phi) is 4.58. The number of anilines is 1. The van der Waals surface area contributed by atoms with Crippen LogP contribution in [0.4, 0.5) is 5.69 Å². The molecule has 4 nitrogen and oxygen atoms in total. The Hall–Kier alpha value is -2.88. The summed E-state index contributed by atoms with van der Waals surface area (Å²) in [5.41, 5.74) is 1.93. The van der Waals surface area contributed by atoms with Crippen molar-refractivity contribution >= 4 is 33.0 Å². The number of aryl methyl sites for hydroxylation is 1. The summed E-state index contributed by atoms with van der Waals surface area (Å²) in [5, 5.41) is 1.86. The first-order valence-electron chi connectivity index (χ1n) is 8.69. The summed E-state index contributed by atoms with van der Waals surface area (Å²) >= 11 is 1.40. The maximum Gasteiger partial charge on any atom is 0.270 e. The third kappa shape index (κ3) is 2.84. The first kappa shape index (κ1) is 18.5. The van der Waals surface area contributed by atoms with Crippen molar-refractivity contribution < 1.29 is 13.2 Å². The zero-order chi connectivity index (χ0) is 19.9. The molecule has 1 aliphatic heterocycles. The molecule has 0 aliphatic carbocycles. The van der Waals surface area contributed by atoms with E-state index in [0.717, 1.165) is 14.7 Å². The van der Waals surface area contributed by atoms with Gasteiger partial charge in [0, 0.05) is 4.88 Å². The summed E-state index contributed by atoms with van der Waals surface area (Å²) in [6.07, 6.45) is 5.79. The predicted molar refractivity (Wildman–Crippen MR) is 111 cm³/mol. The second-order valence-corrected chi connectivity index (χ2v) is 9.38. The van der Waals surface area contributed by atoms with Crippen LogP contribution in [0.2, 0.25) is 0 Å². The number of terminal acetylenes is 1. The van der Waals surface area contributed by atoms with Crippen molar-refractivity contribution in [1.82, 2.24) is 0 Å². The zero-order valence-corrected chi connectivity index (χ0v) is 16.7. The van der Waals surface area contributed by atoms with Gasteiger partial charge >= 0.3 is 0 Å². The molecule has 0 fully saturated rings. The monoisotopic (exact) mass is 407 g/mol. The first-order valence-corrected chi connectivity index (χ1v) is 11.0. The minimum Gasteiger partial charge on any atom is -0.273 e. The number of nitrogens with zero attached hydrogens (tertiary/aromatic N) is 1. The number of amides is 1. The van der Waals surface area contributed by atoms with Crippen LogP contribution in [0.15, 0.2) is 70.9 Å². The highest BCUT2D eigenvalue weighted by molar-refractivity contribution is 7.93. The van der Waals surface area contributed by atoms with Gasteiger partial charge in [-0.3, -0.25) is 4.79 Å². The van der Waals surface area contributed by atoms with E-state index in [1.807, 2.05) is 24.4 Å². The standard InChI is InChI=1S/C22H17NO3S2/c1-3-17-18-7-4-5-8-19(18)23(22(24)21(17)20-9-6-14-27-20)28(25,26)16-12-10-15(2)11-13-16/h1,4-14,17,21H,2H3/t17-,21-/m0/s1. The lowest BCUT2D eigenvalue weighted by Gasteiger charge is -2.36. The molecule has 140 valence electrons. The lowest BCUT2D eigenvalue weighted by molar-refractivity contribution is -0.119. The summed E-state index contributed by atoms with van der Waals surface area (Å²) in [4.78, 5) is 14.3. The van der Waals surface area contributed by atoms with Gasteiger partial charge in [0.2, 0.25) is 0 Å². The number of fused-ring (bicyclic) bond motifs is 1. The van der Waals surface area contributed by atoms with Crippen molar-refractivity contribution in [1.29, 1.82) is 0 Å². The SMILES string of the molecule is C#C[C@H]1c2ccccc2N(S(=O)(=O)c2ccc(C)cc2)C(=O)[C@@H]1c1cccs1. The topological polar surface area (TPSA) is 54.5 Å². The highest BCUT2D eigenvalue weighted by atomic mass is 32.2. The van der Waals surface area contributed by atoms with Crippen molar-refractivity contribution in [2.24, 2.45) is 0 Å². The van der Waals surface area contributed by atoms with Crippen molar-refractivity contribution in [3.63, 3.8) is 0 Å². The van der Waals surface area contributed by atoms with Gasteiger partial charge in [-0.2, -0.15) is 0 Å². The Morgan fingerprint density at radius 3 is 2.39 bits per heavy atom. The lowest BCUT2D eigenvalue weighted by atomic mass is 9.81. The van der Waals surface area contributed by atoms with Crippen molar-refractivity contribution in [3.8, 4) is 12.3 Å². The maximum atomic E-state index is 13.5. The fraction of sp³-hybridized carbons (Fsp3) is 0.136. The smallest absolute Gasteiger partial charge is 0.270 e. The number of hydrogen-bond donors (Lipinski definition) is 0. The number of rotatable bonds is 3. The predicted octanol–water partition coefficient (Wildman–Crippen LogP) is 4.29. The van der Waals surface area contributed by atoms with E-state index < -0.39 is 27.8 Å².